The van der Waals surface area contributed by atoms with Crippen molar-refractivity contribution in [2.45, 2.75) is 227 Å². The number of aromatic nitrogens is 4. The van der Waals surface area contributed by atoms with Gasteiger partial charge in [-0.1, -0.05) is 88.1 Å². The molecular weight excluding hydrogens is 1800 g/mol. The molecule has 46 nitrogen and oxygen atoms in total. The van der Waals surface area contributed by atoms with Crippen molar-refractivity contribution >= 4 is 146 Å². The number of nitrogens with one attached hydrogen (secondary N) is 12. The van der Waals surface area contributed by atoms with E-state index in [0.29, 0.717) is 57.8 Å². The number of aliphatic hydroxyl groups excluding tert-OH is 1. The van der Waals surface area contributed by atoms with E-state index in [-0.39, 0.29) is 75.9 Å². The lowest BCUT2D eigenvalue weighted by Crippen LogP contribution is -2.62. The van der Waals surface area contributed by atoms with Gasteiger partial charge in [0.25, 0.3) is 0 Å². The fourth-order valence-corrected chi connectivity index (χ4v) is 17.6. The number of unbranched alkanes of at least 4 members (excludes halogenated alkanes) is 2. The highest BCUT2D eigenvalue weighted by Gasteiger charge is 2.47. The summed E-state index contributed by atoms with van der Waals surface area (Å²) in [5, 5.41) is 58.8. The van der Waals surface area contributed by atoms with Crippen LogP contribution in [0.15, 0.2) is 97.7 Å². The quantitative estimate of drug-likeness (QED) is 0.0229. The summed E-state index contributed by atoms with van der Waals surface area (Å²) in [5.41, 5.74) is 31.6. The number of benzene rings is 3. The molecule has 25 N–H and O–H groups in total. The van der Waals surface area contributed by atoms with Crippen LogP contribution in [0.4, 0.5) is 0 Å². The predicted octanol–water partition coefficient (Wildman–Crippen LogP) is -5.10. The number of fused-ring (bicyclic) bond motifs is 4. The lowest BCUT2D eigenvalue weighted by Gasteiger charge is -2.36. The maximum Gasteiger partial charge on any atom is 0.323 e. The molecule has 0 bridgehead atoms. The number of phenols is 1. The first-order chi connectivity index (χ1) is 65.2. The number of carboxylic acids is 1. The lowest BCUT2D eigenvalue weighted by atomic mass is 9.99. The van der Waals surface area contributed by atoms with Crippen molar-refractivity contribution in [3.63, 3.8) is 0 Å². The minimum Gasteiger partial charge on any atom is -0.508 e. The van der Waals surface area contributed by atoms with Crippen LogP contribution in [0.2, 0.25) is 0 Å². The Balaban J connectivity index is 1.11. The Bertz CT molecular complexity index is 5360. The molecule has 9 rings (SSSR count). The first-order valence-corrected chi connectivity index (χ1v) is 46.4. The SMILES string of the molecule is CCCC[C@H]1C(=O)N(C)[C@@H](CCCC)C(=O)N[C@@H](CN)C(=O)N[C@H](C(=O)NCC(N)=O)CSCC(=O)N[C@@H](Cc2ccc(O)cc2)C(=O)N(C)[C@@H](C)C(=O)N[C@H](CC(N)=O)C(=O)N2CCC[C@H]2C(=O)N[C@@H](Cc2c[nH]cn2)C(=O)N[C@@H](CCC(N)=O)C(=O)N2C[C@H](O)C[C@H]2C(=O)N[C@@H](Cc2c[nH]c3ccccc23)C(=O)N[C@@H](CCN)C(=O)N[C@@H](Cc2cn(CC(=O)O)c3ccccc23)C(=O)N1C. The summed E-state index contributed by atoms with van der Waals surface area (Å²) in [6.07, 6.45) is 1.44. The first kappa shape index (κ1) is 107. The first-order valence-electron chi connectivity index (χ1n) is 45.3. The number of carbonyl (C=O) groups is 19. The number of thioether (sulfide) groups is 1. The second-order valence-corrected chi connectivity index (χ2v) is 35.3. The summed E-state index contributed by atoms with van der Waals surface area (Å²) < 4.78 is 1.42. The number of likely N-dealkylation sites (N-methyl/N-ethyl adjacent to an activating group) is 3. The fraction of sp³-hybridized carbons (Fsp3) is 0.511. The zero-order valence-electron chi connectivity index (χ0n) is 77.1. The molecule has 6 aromatic rings. The minimum absolute atomic E-state index is 0.0502. The molecule has 18 amide bonds. The molecular formula is C90H124N24O22S. The number of imidazole rings is 1. The van der Waals surface area contributed by atoms with Crippen LogP contribution in [-0.4, -0.2) is 328 Å². The van der Waals surface area contributed by atoms with Crippen LogP contribution in [0.5, 0.6) is 5.75 Å². The van der Waals surface area contributed by atoms with Crippen molar-refractivity contribution in [3.05, 3.63) is 120 Å². The highest BCUT2D eigenvalue weighted by Crippen LogP contribution is 2.29. The van der Waals surface area contributed by atoms with Crippen LogP contribution in [0, 0.1) is 0 Å². The van der Waals surface area contributed by atoms with Crippen LogP contribution in [0.1, 0.15) is 127 Å². The molecule has 0 radical (unpaired) electrons. The summed E-state index contributed by atoms with van der Waals surface area (Å²) in [4.78, 5) is 290. The molecule has 0 aliphatic carbocycles. The molecule has 3 saturated heterocycles. The van der Waals surface area contributed by atoms with Crippen LogP contribution in [0.3, 0.4) is 0 Å². The number of H-pyrrole nitrogens is 2. The third-order valence-corrected chi connectivity index (χ3v) is 25.3. The molecule has 3 aliphatic heterocycles. The van der Waals surface area contributed by atoms with Crippen molar-refractivity contribution in [1.29, 1.82) is 0 Å². The average Bonchev–Trinajstić information content (AvgIpc) is 1.63. The van der Waals surface area contributed by atoms with Gasteiger partial charge >= 0.3 is 5.97 Å². The largest absolute Gasteiger partial charge is 0.508 e. The Kier molecular flexibility index (Phi) is 39.3. The molecule has 3 aromatic carbocycles. The van der Waals surface area contributed by atoms with Gasteiger partial charge in [0.1, 0.15) is 96.9 Å². The molecule has 137 heavy (non-hydrogen) atoms. The Labute approximate surface area is 792 Å². The van der Waals surface area contributed by atoms with Gasteiger partial charge < -0.3 is 136 Å². The summed E-state index contributed by atoms with van der Waals surface area (Å²) in [5.74, 6) is -20.3. The van der Waals surface area contributed by atoms with E-state index in [9.17, 15) is 72.9 Å². The van der Waals surface area contributed by atoms with E-state index in [4.69, 9.17) is 28.7 Å². The maximum absolute atomic E-state index is 15.9. The smallest absolute Gasteiger partial charge is 0.323 e. The molecule has 6 heterocycles. The molecule has 3 fully saturated rings. The minimum atomic E-state index is -1.82. The van der Waals surface area contributed by atoms with Crippen molar-refractivity contribution < 1.29 is 106 Å². The second kappa shape index (κ2) is 50.5. The number of nitrogens with two attached hydrogens (primary N) is 5. The second-order valence-electron chi connectivity index (χ2n) is 34.3. The predicted molar refractivity (Wildman–Crippen MR) is 497 cm³/mol. The fourth-order valence-electron chi connectivity index (χ4n) is 16.8. The third kappa shape index (κ3) is 29.2. The van der Waals surface area contributed by atoms with E-state index in [1.165, 1.54) is 75.6 Å². The van der Waals surface area contributed by atoms with E-state index < -0.39 is 279 Å². The standard InChI is InChI=1S/C90H124N24O22S/c1-7-9-19-68-83(129)107-65(38-92)82(128)108-66(78(124)98-41-74(95)119)45-137-46-75(120)100-62(32-49-23-25-53(115)26-24-49)86(132)109(4)48(3)77(123)105-64(37-73(94)118)89(135)113-31-15-22-69(113)84(130)104-61(35-52-40-96-47-99-52)81(127)102-59(27-28-72(93)117)88(134)114-43-54(116)36-71(114)85(131)103-60(33-50-39-97-57-18-13-11-16-55(50)57)80(126)101-58(29-30-91)79(125)106-63(87(133)111(6)70(20-10-8-2)90(136)110(68)5)34-51-42-112(44-76(121)122)67-21-14-12-17-56(51)67/h11-14,16-18,21,23-26,39-40,42,47-48,54,58-66,68-71,97,115-116H,7-10,15,19-20,22,27-38,41,43-46,91-92H2,1-6H3,(H2,93,117)(H2,94,118)(H2,95,119)(H,96,99)(H,98,124)(H,100,120)(H,101,126)(H,102,127)(H,103,131)(H,104,130)(H,105,123)(H,106,125)(H,107,129)(H,108,128)(H,121,122)/t48-,54+,58-,59-,60-,61-,62-,63-,64+,65-,66-,68-,69-,70-,71-/m0/s1. The monoisotopic (exact) mass is 1920 g/mol. The summed E-state index contributed by atoms with van der Waals surface area (Å²) in [6, 6.07) is -3.68. The number of amides is 18. The Morgan fingerprint density at radius 1 is 0.547 bits per heavy atom. The molecule has 742 valence electrons. The highest BCUT2D eigenvalue weighted by atomic mass is 32.2. The van der Waals surface area contributed by atoms with Crippen LogP contribution in [-0.2, 0) is 123 Å². The average molecular weight is 1930 g/mol. The summed E-state index contributed by atoms with van der Waals surface area (Å²) in [7, 11) is 3.80. The molecule has 3 aliphatic rings. The highest BCUT2D eigenvalue weighted by molar-refractivity contribution is 8.00. The van der Waals surface area contributed by atoms with E-state index in [1.807, 2.05) is 6.92 Å². The van der Waals surface area contributed by atoms with Gasteiger partial charge in [-0.2, -0.15) is 0 Å². The van der Waals surface area contributed by atoms with Gasteiger partial charge in [-0.15, -0.1) is 11.8 Å². The van der Waals surface area contributed by atoms with Crippen LogP contribution >= 0.6 is 11.8 Å². The number of hydrogen-bond acceptors (Lipinski definition) is 25. The maximum atomic E-state index is 15.9. The number of hydrogen-bond donors (Lipinski definition) is 20. The molecule has 15 atom stereocenters. The van der Waals surface area contributed by atoms with Gasteiger partial charge in [0.2, 0.25) is 106 Å². The third-order valence-electron chi connectivity index (χ3n) is 24.3. The molecule has 3 aromatic heterocycles. The lowest BCUT2D eigenvalue weighted by molar-refractivity contribution is -0.149. The molecule has 0 spiro atoms. The van der Waals surface area contributed by atoms with Gasteiger partial charge in [0, 0.05) is 125 Å². The number of aromatic amines is 2. The van der Waals surface area contributed by atoms with E-state index >= 15 is 33.6 Å². The van der Waals surface area contributed by atoms with Gasteiger partial charge in [-0.3, -0.25) is 91.1 Å². The normalized spacial score (nSPS) is 24.5. The van der Waals surface area contributed by atoms with Crippen molar-refractivity contribution in [2.75, 3.05) is 65.4 Å². The number of rotatable bonds is 27. The van der Waals surface area contributed by atoms with Crippen molar-refractivity contribution in [1.82, 2.24) is 97.2 Å². The Hall–Kier alpha value is -14.1. The van der Waals surface area contributed by atoms with Crippen LogP contribution in [0.25, 0.3) is 21.8 Å². The number of aliphatic carboxylic acids is 1. The topological polar surface area (TPSA) is 701 Å². The Morgan fingerprint density at radius 2 is 1.12 bits per heavy atom. The van der Waals surface area contributed by atoms with Gasteiger partial charge in [0.15, 0.2) is 0 Å². The number of para-hydroxylation sites is 2. The number of aromatic hydroxyl groups is 1. The summed E-state index contributed by atoms with van der Waals surface area (Å²) >= 11 is 0.737. The van der Waals surface area contributed by atoms with Crippen molar-refractivity contribution in [3.8, 4) is 5.75 Å². The number of carboxylic acid groups (broad SMARTS) is 1. The number of primary amides is 3. The number of nitrogens with zero attached hydrogens (tertiary/aromatic N) is 7. The van der Waals surface area contributed by atoms with Crippen LogP contribution < -0.4 is 81.8 Å². The Morgan fingerprint density at radius 3 is 1.77 bits per heavy atom. The van der Waals surface area contributed by atoms with Gasteiger partial charge in [0.05, 0.1) is 36.8 Å². The zero-order chi connectivity index (χ0) is 100. The number of phenolic OH excluding ortho intramolecular Hbond substituents is 1. The van der Waals surface area contributed by atoms with E-state index in [2.05, 4.69) is 68.1 Å². The van der Waals surface area contributed by atoms with Gasteiger partial charge in [-0.05, 0) is 92.9 Å². The van der Waals surface area contributed by atoms with Crippen molar-refractivity contribution in [2.24, 2.45) is 28.7 Å². The molecule has 47 heteroatoms. The molecule has 0 unspecified atom stereocenters. The zero-order valence-corrected chi connectivity index (χ0v) is 77.9. The number of aliphatic hydroxyl groups is 1. The van der Waals surface area contributed by atoms with Gasteiger partial charge in [-0.25, -0.2) is 4.98 Å². The van der Waals surface area contributed by atoms with E-state index in [0.717, 1.165) is 36.3 Å². The summed E-state index contributed by atoms with van der Waals surface area (Å²) in [6.45, 7) is 1.90. The molecule has 0 saturated carbocycles. The number of carbonyl (C=O) groups excluding carboxylic acids is 18. The van der Waals surface area contributed by atoms with E-state index in [1.54, 1.807) is 61.7 Å².